The minimum atomic E-state index is -0.0377. The van der Waals surface area contributed by atoms with Gasteiger partial charge in [0, 0.05) is 192 Å². The molecule has 6 aliphatic heterocycles. The average Bonchev–Trinajstić information content (AvgIpc) is 1.61. The predicted octanol–water partition coefficient (Wildman–Crippen LogP) is 14.8. The van der Waals surface area contributed by atoms with E-state index in [-0.39, 0.29) is 47.3 Å². The highest BCUT2D eigenvalue weighted by molar-refractivity contribution is 7.24. The van der Waals surface area contributed by atoms with E-state index in [0.29, 0.717) is 75.6 Å². The standard InChI is InChI=1S/2C28H32N6O3S.2C22H21N5O2S/c2*1-18-12-20-14-24(38-27(20)23(13-18)36-2)21-15-22(34-26(21)28(29)30-17-31-34)19-5-7-33(16-19)25(35)4-3-6-32-8-10-37-11-9-32;2*1-3-19(28)26-8-7-14(11-26)16-10-15(20-22(23)24-12-25-27(16)20)18-9-13-5-4-6-17(29-2)21(13)30-18/h2*3-4,12-15,17,19H,5-11,16H2,1-2H3,(H2,29,30,31);2*3-6,9-10,12,14H,1,7-8,11H2,2H3,(H2,23,24,25)/b2*4-3+;;/t2*19-;2*14-/m1010/s1. The van der Waals surface area contributed by atoms with Gasteiger partial charge >= 0.3 is 0 Å². The molecule has 0 unspecified atom stereocenters. The van der Waals surface area contributed by atoms with Gasteiger partial charge in [-0.25, -0.2) is 38.0 Å². The van der Waals surface area contributed by atoms with Crippen LogP contribution < -0.4 is 41.9 Å². The van der Waals surface area contributed by atoms with E-state index in [1.54, 1.807) is 85.9 Å². The fraction of sp³-hybridized carbons (Fsp3) is 0.320. The van der Waals surface area contributed by atoms with E-state index in [2.05, 4.69) is 162 Å². The summed E-state index contributed by atoms with van der Waals surface area (Å²) in [6.45, 7) is 25.0. The number of thiophene rings is 4. The Hall–Kier alpha value is -13.7. The first-order valence-corrected chi connectivity index (χ1v) is 48.6. The molecule has 0 spiro atoms. The molecular weight excluding hydrogens is 1800 g/mol. The van der Waals surface area contributed by atoms with Gasteiger partial charge in [-0.2, -0.15) is 20.4 Å². The number of nitrogens with two attached hydrogens (primary N) is 4. The molecular formula is C100H106N22O10S4. The van der Waals surface area contributed by atoms with Gasteiger partial charge in [-0.15, -0.1) is 45.3 Å². The average molecular weight is 1900 g/mol. The summed E-state index contributed by atoms with van der Waals surface area (Å²) in [6.07, 6.45) is 19.5. The van der Waals surface area contributed by atoms with Crippen LogP contribution in [0.25, 0.3) is 104 Å². The van der Waals surface area contributed by atoms with Crippen molar-refractivity contribution in [2.24, 2.45) is 0 Å². The van der Waals surface area contributed by atoms with Gasteiger partial charge in [0.1, 0.15) is 70.4 Å². The number of likely N-dealkylation sites (tertiary alicyclic amines) is 4. The van der Waals surface area contributed by atoms with Crippen molar-refractivity contribution in [3.05, 3.63) is 218 Å². The minimum Gasteiger partial charge on any atom is -0.495 e. The summed E-state index contributed by atoms with van der Waals surface area (Å²) < 4.78 is 45.1. The van der Waals surface area contributed by atoms with Crippen LogP contribution in [0.3, 0.4) is 0 Å². The molecule has 18 heterocycles. The number of nitrogen functional groups attached to an aromatic ring is 4. The molecule has 4 atom stereocenters. The largest absolute Gasteiger partial charge is 0.495 e. The number of hydrogen-bond acceptors (Lipinski definition) is 28. The Bertz CT molecular complexity index is 6900. The molecule has 16 aromatic rings. The lowest BCUT2D eigenvalue weighted by molar-refractivity contribution is -0.125. The van der Waals surface area contributed by atoms with E-state index in [1.165, 1.54) is 37.5 Å². The number of benzene rings is 4. The number of aromatic nitrogens is 12. The highest BCUT2D eigenvalue weighted by Crippen LogP contribution is 2.50. The summed E-state index contributed by atoms with van der Waals surface area (Å²) in [5, 5.41) is 22.7. The normalized spacial score (nSPS) is 17.8. The fourth-order valence-corrected chi connectivity index (χ4v) is 24.1. The fourth-order valence-electron chi connectivity index (χ4n) is 19.5. The number of fused-ring (bicyclic) bond motifs is 8. The number of amides is 4. The summed E-state index contributed by atoms with van der Waals surface area (Å²) in [4.78, 5) is 83.4. The van der Waals surface area contributed by atoms with Crippen LogP contribution in [-0.4, -0.2) is 258 Å². The second-order valence-corrected chi connectivity index (χ2v) is 38.9. The van der Waals surface area contributed by atoms with Crippen molar-refractivity contribution in [2.75, 3.05) is 169 Å². The Morgan fingerprint density at radius 1 is 0.382 bits per heavy atom. The third-order valence-corrected chi connectivity index (χ3v) is 31.1. The van der Waals surface area contributed by atoms with Gasteiger partial charge in [-0.3, -0.25) is 29.0 Å². The highest BCUT2D eigenvalue weighted by Gasteiger charge is 2.37. The summed E-state index contributed by atoms with van der Waals surface area (Å²) in [5.41, 5.74) is 39.1. The van der Waals surface area contributed by atoms with Gasteiger partial charge in [0.05, 0.1) is 73.7 Å². The zero-order valence-corrected chi connectivity index (χ0v) is 79.8. The summed E-state index contributed by atoms with van der Waals surface area (Å²) in [6, 6.07) is 37.8. The van der Waals surface area contributed by atoms with Gasteiger partial charge in [0.15, 0.2) is 23.3 Å². The SMILES string of the molecule is C=CC(=O)N1CC[C@@H](c2cc(-c3cc4cccc(OC)c4s3)c3c(N)ncnn23)C1.C=CC(=O)N1CC[C@H](c2cc(-c3cc4cccc(OC)c4s3)c3c(N)ncnn23)C1.COc1cc(C)cc2cc(-c3cc([C@@H]4CCN(C(=O)/C=C/CN5CCOCC5)C4)n4ncnc(N)c34)sc12.COc1cc(C)cc2cc(-c3cc([C@H]4CCN(C(=O)/C=C/CN5CCOCC5)C4)n4ncnc(N)c34)sc12. The van der Waals surface area contributed by atoms with Crippen molar-refractivity contribution in [1.29, 1.82) is 0 Å². The van der Waals surface area contributed by atoms with Crippen molar-refractivity contribution >= 4 is 155 Å². The van der Waals surface area contributed by atoms with Crippen molar-refractivity contribution in [3.63, 3.8) is 0 Å². The van der Waals surface area contributed by atoms with E-state index >= 15 is 0 Å². The summed E-state index contributed by atoms with van der Waals surface area (Å²) >= 11 is 6.69. The van der Waals surface area contributed by atoms with E-state index in [9.17, 15) is 19.2 Å². The van der Waals surface area contributed by atoms with E-state index < -0.39 is 0 Å². The van der Waals surface area contributed by atoms with Crippen LogP contribution in [0.2, 0.25) is 0 Å². The molecule has 6 saturated heterocycles. The highest BCUT2D eigenvalue weighted by atomic mass is 32.1. The number of hydrogen-bond donors (Lipinski definition) is 4. The molecule has 4 amide bonds. The maximum atomic E-state index is 12.9. The number of carbonyl (C=O) groups excluding carboxylic acids is 4. The van der Waals surface area contributed by atoms with Gasteiger partial charge in [0.2, 0.25) is 23.6 Å². The maximum Gasteiger partial charge on any atom is 0.246 e. The molecule has 136 heavy (non-hydrogen) atoms. The third-order valence-electron chi connectivity index (χ3n) is 26.3. The van der Waals surface area contributed by atoms with Crippen LogP contribution >= 0.6 is 45.3 Å². The Kier molecular flexibility index (Phi) is 26.7. The Balaban J connectivity index is 0.000000117. The number of carbonyl (C=O) groups is 4. The van der Waals surface area contributed by atoms with Crippen LogP contribution in [0, 0.1) is 13.8 Å². The van der Waals surface area contributed by atoms with Crippen LogP contribution in [0.15, 0.2) is 184 Å². The lowest BCUT2D eigenvalue weighted by atomic mass is 10.0. The number of morpholine rings is 2. The van der Waals surface area contributed by atoms with Gasteiger partial charge in [-0.1, -0.05) is 61.7 Å². The van der Waals surface area contributed by atoms with Crippen molar-refractivity contribution in [1.82, 2.24) is 87.8 Å². The smallest absolute Gasteiger partial charge is 0.246 e. The van der Waals surface area contributed by atoms with Crippen molar-refractivity contribution < 1.29 is 47.6 Å². The summed E-state index contributed by atoms with van der Waals surface area (Å²) in [7, 11) is 6.77. The molecule has 32 nitrogen and oxygen atoms in total. The molecule has 0 radical (unpaired) electrons. The molecule has 22 rings (SSSR count). The van der Waals surface area contributed by atoms with Gasteiger partial charge < -0.3 is 71.0 Å². The number of anilines is 4. The molecule has 36 heteroatoms. The number of aryl methyl sites for hydroxylation is 2. The van der Waals surface area contributed by atoms with E-state index in [4.69, 9.17) is 51.4 Å². The van der Waals surface area contributed by atoms with Crippen LogP contribution in [0.5, 0.6) is 23.0 Å². The molecule has 4 aromatic carbocycles. The molecule has 6 aliphatic rings. The number of ether oxygens (including phenoxy) is 6. The molecule has 6 fully saturated rings. The molecule has 12 aromatic heterocycles. The minimum absolute atomic E-state index is 0.0377. The second-order valence-electron chi connectivity index (χ2n) is 34.6. The Morgan fingerprint density at radius 3 is 0.963 bits per heavy atom. The zero-order valence-electron chi connectivity index (χ0n) is 76.5. The first-order valence-electron chi connectivity index (χ1n) is 45.4. The van der Waals surface area contributed by atoms with Crippen molar-refractivity contribution in [3.8, 4) is 64.8 Å². The lowest BCUT2D eigenvalue weighted by Gasteiger charge is -2.25. The van der Waals surface area contributed by atoms with E-state index in [0.717, 1.165) is 252 Å². The topological polar surface area (TPSA) is 368 Å². The van der Waals surface area contributed by atoms with Crippen LogP contribution in [0.4, 0.5) is 23.3 Å². The third kappa shape index (κ3) is 18.2. The summed E-state index contributed by atoms with van der Waals surface area (Å²) in [5.74, 6) is 5.92. The van der Waals surface area contributed by atoms with Crippen LogP contribution in [0.1, 0.15) is 83.3 Å². The van der Waals surface area contributed by atoms with Gasteiger partial charge in [0.25, 0.3) is 0 Å². The Labute approximate surface area is 800 Å². The Morgan fingerprint density at radius 2 is 0.669 bits per heavy atom. The maximum absolute atomic E-state index is 12.9. The first kappa shape index (κ1) is 91.4. The number of rotatable bonds is 20. The number of methoxy groups -OCH3 is 4. The van der Waals surface area contributed by atoms with Crippen LogP contribution in [-0.2, 0) is 28.7 Å². The first-order chi connectivity index (χ1) is 66.2. The molecule has 0 saturated carbocycles. The van der Waals surface area contributed by atoms with Gasteiger partial charge in [-0.05, 0) is 157 Å². The quantitative estimate of drug-likeness (QED) is 0.0515. The molecule has 8 N–H and O–H groups in total. The van der Waals surface area contributed by atoms with E-state index in [1.807, 2.05) is 74.1 Å². The monoisotopic (exact) mass is 1900 g/mol. The molecule has 0 aliphatic carbocycles. The second kappa shape index (κ2) is 39.7. The lowest BCUT2D eigenvalue weighted by Crippen LogP contribution is -2.36. The zero-order chi connectivity index (χ0) is 94.1. The molecule has 0 bridgehead atoms. The number of nitrogens with zero attached hydrogens (tertiary/aromatic N) is 18. The predicted molar refractivity (Wildman–Crippen MR) is 537 cm³/mol. The van der Waals surface area contributed by atoms with Crippen molar-refractivity contribution in [2.45, 2.75) is 63.2 Å². The molecule has 700 valence electrons.